The van der Waals surface area contributed by atoms with Crippen LogP contribution >= 0.6 is 11.3 Å². The number of carbonyl (C=O) groups excluding carboxylic acids is 2. The third-order valence-electron chi connectivity index (χ3n) is 5.06. The molecule has 1 saturated heterocycles. The number of carbonyl (C=O) groups is 2. The van der Waals surface area contributed by atoms with E-state index in [2.05, 4.69) is 20.5 Å². The Labute approximate surface area is 175 Å². The van der Waals surface area contributed by atoms with Gasteiger partial charge in [-0.15, -0.1) is 21.5 Å². The first-order valence-electron chi connectivity index (χ1n) is 9.57. The van der Waals surface area contributed by atoms with Gasteiger partial charge in [-0.3, -0.25) is 19.3 Å². The zero-order chi connectivity index (χ0) is 20.5. The predicted molar refractivity (Wildman–Crippen MR) is 109 cm³/mol. The zero-order valence-corrected chi connectivity index (χ0v) is 16.7. The molecule has 1 N–H and O–H groups in total. The summed E-state index contributed by atoms with van der Waals surface area (Å²) in [6, 6.07) is 8.85. The molecule has 4 aromatic heterocycles. The van der Waals surface area contributed by atoms with E-state index in [0.29, 0.717) is 17.4 Å². The van der Waals surface area contributed by atoms with Crippen molar-refractivity contribution in [2.75, 3.05) is 11.9 Å². The Kier molecular flexibility index (Phi) is 4.75. The predicted octanol–water partition coefficient (Wildman–Crippen LogP) is 2.94. The lowest BCUT2D eigenvalue weighted by Crippen LogP contribution is -2.32. The van der Waals surface area contributed by atoms with Crippen molar-refractivity contribution in [2.24, 2.45) is 0 Å². The largest absolute Gasteiger partial charge is 0.459 e. The fourth-order valence-corrected chi connectivity index (χ4v) is 4.39. The Bertz CT molecular complexity index is 1200. The maximum absolute atomic E-state index is 13.0. The van der Waals surface area contributed by atoms with E-state index >= 15 is 0 Å². The number of nitrogens with zero attached hydrogens (tertiary/aromatic N) is 5. The van der Waals surface area contributed by atoms with Crippen molar-refractivity contribution >= 4 is 33.9 Å². The van der Waals surface area contributed by atoms with Crippen LogP contribution in [-0.4, -0.2) is 42.8 Å². The Hall–Kier alpha value is -3.53. The van der Waals surface area contributed by atoms with Crippen LogP contribution in [0.15, 0.2) is 52.6 Å². The van der Waals surface area contributed by atoms with Gasteiger partial charge in [-0.25, -0.2) is 4.98 Å². The van der Waals surface area contributed by atoms with Crippen LogP contribution in [0.25, 0.3) is 5.65 Å². The highest BCUT2D eigenvalue weighted by Gasteiger charge is 2.33. The maximum atomic E-state index is 13.0. The van der Waals surface area contributed by atoms with E-state index in [1.807, 2.05) is 33.7 Å². The van der Waals surface area contributed by atoms with Crippen molar-refractivity contribution in [2.45, 2.75) is 25.3 Å². The van der Waals surface area contributed by atoms with Crippen LogP contribution in [0.1, 0.15) is 41.0 Å². The summed E-state index contributed by atoms with van der Waals surface area (Å²) >= 11 is 1.28. The van der Waals surface area contributed by atoms with E-state index < -0.39 is 0 Å². The summed E-state index contributed by atoms with van der Waals surface area (Å²) in [4.78, 5) is 31.3. The molecule has 9 nitrogen and oxygen atoms in total. The lowest BCUT2D eigenvalue weighted by molar-refractivity contribution is -0.131. The van der Waals surface area contributed by atoms with Crippen LogP contribution in [0, 0.1) is 0 Å². The first-order valence-corrected chi connectivity index (χ1v) is 10.5. The second kappa shape index (κ2) is 7.71. The van der Waals surface area contributed by atoms with Crippen molar-refractivity contribution in [1.29, 1.82) is 0 Å². The first kappa shape index (κ1) is 18.5. The number of pyridine rings is 1. The van der Waals surface area contributed by atoms with Crippen LogP contribution in [-0.2, 0) is 11.2 Å². The Balaban J connectivity index is 1.28. The molecule has 2 amide bonds. The SMILES string of the molecule is O=C(Nc1nc(CC(=O)N2CCC[C@H]2c2nnc3ccccn23)cs1)c1ccco1. The van der Waals surface area contributed by atoms with E-state index in [9.17, 15) is 9.59 Å². The molecule has 1 fully saturated rings. The molecule has 0 unspecified atom stereocenters. The smallest absolute Gasteiger partial charge is 0.293 e. The number of amides is 2. The number of likely N-dealkylation sites (tertiary alicyclic amines) is 1. The molecule has 152 valence electrons. The van der Waals surface area contributed by atoms with Gasteiger partial charge in [0.2, 0.25) is 5.91 Å². The minimum Gasteiger partial charge on any atom is -0.459 e. The number of hydrogen-bond donors (Lipinski definition) is 1. The molecule has 1 atom stereocenters. The van der Waals surface area contributed by atoms with Crippen molar-refractivity contribution in [3.8, 4) is 0 Å². The summed E-state index contributed by atoms with van der Waals surface area (Å²) in [5.74, 6) is 0.606. The number of thiazole rings is 1. The van der Waals surface area contributed by atoms with E-state index in [1.165, 1.54) is 17.6 Å². The number of rotatable bonds is 5. The van der Waals surface area contributed by atoms with Crippen LogP contribution in [0.4, 0.5) is 5.13 Å². The molecule has 0 spiro atoms. The van der Waals surface area contributed by atoms with E-state index in [-0.39, 0.29) is 30.0 Å². The molecule has 5 heterocycles. The highest BCUT2D eigenvalue weighted by atomic mass is 32.1. The topological polar surface area (TPSA) is 106 Å². The molecule has 30 heavy (non-hydrogen) atoms. The van der Waals surface area contributed by atoms with Crippen LogP contribution in [0.5, 0.6) is 0 Å². The van der Waals surface area contributed by atoms with Gasteiger partial charge in [0.15, 0.2) is 22.4 Å². The molecule has 0 bridgehead atoms. The normalized spacial score (nSPS) is 16.3. The van der Waals surface area contributed by atoms with Gasteiger partial charge in [0.25, 0.3) is 5.91 Å². The summed E-state index contributed by atoms with van der Waals surface area (Å²) in [5, 5.41) is 13.4. The molecule has 0 aliphatic carbocycles. The monoisotopic (exact) mass is 422 g/mol. The molecular weight excluding hydrogens is 404 g/mol. The first-order chi connectivity index (χ1) is 14.7. The summed E-state index contributed by atoms with van der Waals surface area (Å²) in [5.41, 5.74) is 1.39. The molecular formula is C20H18N6O3S. The number of hydrogen-bond acceptors (Lipinski definition) is 7. The summed E-state index contributed by atoms with van der Waals surface area (Å²) < 4.78 is 7.01. The van der Waals surface area contributed by atoms with Gasteiger partial charge in [0.05, 0.1) is 24.4 Å². The fourth-order valence-electron chi connectivity index (χ4n) is 3.69. The van der Waals surface area contributed by atoms with Gasteiger partial charge in [0, 0.05) is 18.1 Å². The van der Waals surface area contributed by atoms with E-state index in [1.54, 1.807) is 17.5 Å². The average molecular weight is 422 g/mol. The third-order valence-corrected chi connectivity index (χ3v) is 5.87. The van der Waals surface area contributed by atoms with Crippen molar-refractivity contribution in [3.05, 3.63) is 65.5 Å². The average Bonchev–Trinajstić information content (AvgIpc) is 3.53. The molecule has 5 rings (SSSR count). The standard InChI is InChI=1S/C20H18N6O3S/c27-17(11-13-12-30-20(21-13)22-19(28)15-6-4-10-29-15)25-9-3-5-14(25)18-24-23-16-7-1-2-8-26(16)18/h1-2,4,6-8,10,12,14H,3,5,9,11H2,(H,21,22,28)/t14-/m0/s1. The van der Waals surface area contributed by atoms with Crippen LogP contribution < -0.4 is 5.32 Å². The van der Waals surface area contributed by atoms with Crippen molar-refractivity contribution < 1.29 is 14.0 Å². The summed E-state index contributed by atoms with van der Waals surface area (Å²) in [6.07, 6.45) is 5.29. The second-order valence-corrected chi connectivity index (χ2v) is 7.84. The van der Waals surface area contributed by atoms with Crippen LogP contribution in [0.2, 0.25) is 0 Å². The Morgan fingerprint density at radius 3 is 3.03 bits per heavy atom. The third kappa shape index (κ3) is 3.45. The second-order valence-electron chi connectivity index (χ2n) is 6.98. The molecule has 1 aliphatic heterocycles. The quantitative estimate of drug-likeness (QED) is 0.530. The lowest BCUT2D eigenvalue weighted by Gasteiger charge is -2.23. The highest BCUT2D eigenvalue weighted by Crippen LogP contribution is 2.31. The van der Waals surface area contributed by atoms with Gasteiger partial charge in [-0.2, -0.15) is 0 Å². The van der Waals surface area contributed by atoms with Gasteiger partial charge in [-0.05, 0) is 37.1 Å². The van der Waals surface area contributed by atoms with Gasteiger partial charge in [0.1, 0.15) is 0 Å². The van der Waals surface area contributed by atoms with Gasteiger partial charge < -0.3 is 9.32 Å². The van der Waals surface area contributed by atoms with Gasteiger partial charge in [-0.1, -0.05) is 6.07 Å². The van der Waals surface area contributed by atoms with Crippen molar-refractivity contribution in [3.63, 3.8) is 0 Å². The lowest BCUT2D eigenvalue weighted by atomic mass is 10.2. The summed E-state index contributed by atoms with van der Waals surface area (Å²) in [7, 11) is 0. The number of nitrogens with one attached hydrogen (secondary N) is 1. The van der Waals surface area contributed by atoms with Crippen molar-refractivity contribution in [1.82, 2.24) is 24.5 Å². The minimum atomic E-state index is -0.370. The van der Waals surface area contributed by atoms with Gasteiger partial charge >= 0.3 is 0 Å². The Morgan fingerprint density at radius 2 is 2.17 bits per heavy atom. The number of fused-ring (bicyclic) bond motifs is 1. The molecule has 0 saturated carbocycles. The fraction of sp³-hybridized carbons (Fsp3) is 0.250. The number of anilines is 1. The summed E-state index contributed by atoms with van der Waals surface area (Å²) in [6.45, 7) is 0.678. The minimum absolute atomic E-state index is 0.0145. The molecule has 10 heteroatoms. The molecule has 0 radical (unpaired) electrons. The highest BCUT2D eigenvalue weighted by molar-refractivity contribution is 7.14. The number of aromatic nitrogens is 4. The Morgan fingerprint density at radius 1 is 1.23 bits per heavy atom. The molecule has 1 aliphatic rings. The zero-order valence-electron chi connectivity index (χ0n) is 15.9. The van der Waals surface area contributed by atoms with E-state index in [4.69, 9.17) is 4.42 Å². The molecule has 4 aromatic rings. The number of furan rings is 1. The molecule has 0 aromatic carbocycles. The van der Waals surface area contributed by atoms with E-state index in [0.717, 1.165) is 24.3 Å². The maximum Gasteiger partial charge on any atom is 0.293 e. The van der Waals surface area contributed by atoms with Crippen LogP contribution in [0.3, 0.4) is 0 Å².